The summed E-state index contributed by atoms with van der Waals surface area (Å²) >= 11 is 0. The highest BCUT2D eigenvalue weighted by atomic mass is 16.5. The molecule has 1 nitrogen and oxygen atoms in total. The molecule has 0 aromatic heterocycles. The fourth-order valence-corrected chi connectivity index (χ4v) is 1.50. The predicted molar refractivity (Wildman–Crippen MR) is 64.6 cm³/mol. The first-order valence-corrected chi connectivity index (χ1v) is 5.64. The van der Waals surface area contributed by atoms with E-state index in [-0.39, 0.29) is 0 Å². The fraction of sp³-hybridized carbons (Fsp3) is 0.571. The minimum atomic E-state index is 0.563. The molecule has 0 atom stereocenters. The van der Waals surface area contributed by atoms with E-state index in [4.69, 9.17) is 4.74 Å². The van der Waals surface area contributed by atoms with Crippen LogP contribution in [-0.2, 0) is 4.74 Å². The lowest BCUT2D eigenvalue weighted by Crippen LogP contribution is -1.95. The standard InChI is InChI=1S/C14H20O/c1-13-8-5-3-4-6-11-15-12-14(2)10-7-9-13/h8,10H,3,5,7,9,11-12H2,1-2H3/b13-8+,14-10-. The van der Waals surface area contributed by atoms with Crippen LogP contribution in [0.3, 0.4) is 0 Å². The average molecular weight is 204 g/mol. The normalized spacial score (nSPS) is 26.5. The third-order valence-corrected chi connectivity index (χ3v) is 2.42. The van der Waals surface area contributed by atoms with Gasteiger partial charge in [-0.2, -0.15) is 0 Å². The van der Waals surface area contributed by atoms with Crippen LogP contribution in [0.1, 0.15) is 39.5 Å². The summed E-state index contributed by atoms with van der Waals surface area (Å²) in [6.07, 6.45) is 8.87. The Morgan fingerprint density at radius 3 is 2.73 bits per heavy atom. The summed E-state index contributed by atoms with van der Waals surface area (Å²) in [6.45, 7) is 5.60. The molecule has 1 heterocycles. The molecule has 0 N–H and O–H groups in total. The number of allylic oxidation sites excluding steroid dienone is 3. The van der Waals surface area contributed by atoms with Crippen LogP contribution in [0.5, 0.6) is 0 Å². The van der Waals surface area contributed by atoms with Crippen molar-refractivity contribution < 1.29 is 4.74 Å². The van der Waals surface area contributed by atoms with Gasteiger partial charge in [0.15, 0.2) is 0 Å². The third kappa shape index (κ3) is 6.14. The highest BCUT2D eigenvalue weighted by molar-refractivity contribution is 5.07. The maximum atomic E-state index is 5.43. The van der Waals surface area contributed by atoms with Crippen molar-refractivity contribution in [3.63, 3.8) is 0 Å². The van der Waals surface area contributed by atoms with Gasteiger partial charge in [0, 0.05) is 6.42 Å². The monoisotopic (exact) mass is 204 g/mol. The van der Waals surface area contributed by atoms with E-state index < -0.39 is 0 Å². The Kier molecular flexibility index (Phi) is 5.88. The smallest absolute Gasteiger partial charge is 0.108 e. The van der Waals surface area contributed by atoms with E-state index >= 15 is 0 Å². The first-order valence-electron chi connectivity index (χ1n) is 5.64. The van der Waals surface area contributed by atoms with Gasteiger partial charge in [0.1, 0.15) is 6.61 Å². The predicted octanol–water partition coefficient (Wildman–Crippen LogP) is 3.47. The van der Waals surface area contributed by atoms with E-state index in [2.05, 4.69) is 37.8 Å². The Morgan fingerprint density at radius 2 is 1.87 bits per heavy atom. The van der Waals surface area contributed by atoms with Crippen LogP contribution in [0.2, 0.25) is 0 Å². The van der Waals surface area contributed by atoms with Crippen molar-refractivity contribution in [1.29, 1.82) is 0 Å². The molecule has 0 spiro atoms. The van der Waals surface area contributed by atoms with E-state index in [1.807, 2.05) is 0 Å². The molecule has 82 valence electrons. The van der Waals surface area contributed by atoms with Gasteiger partial charge < -0.3 is 4.74 Å². The molecule has 0 aliphatic carbocycles. The lowest BCUT2D eigenvalue weighted by Gasteiger charge is -2.01. The SMILES string of the molecule is C/C1=C/CC/C(C)=C/CCC#CCOC1. The second kappa shape index (κ2) is 7.31. The van der Waals surface area contributed by atoms with Crippen LogP contribution in [0.15, 0.2) is 23.3 Å². The molecule has 1 heteroatoms. The average Bonchev–Trinajstić information content (AvgIpc) is 2.22. The summed E-state index contributed by atoms with van der Waals surface area (Å²) in [5.74, 6) is 6.15. The van der Waals surface area contributed by atoms with Gasteiger partial charge in [0.2, 0.25) is 0 Å². The van der Waals surface area contributed by atoms with Crippen molar-refractivity contribution in [3.8, 4) is 11.8 Å². The van der Waals surface area contributed by atoms with Gasteiger partial charge in [-0.15, -0.1) is 5.92 Å². The highest BCUT2D eigenvalue weighted by Crippen LogP contribution is 2.09. The van der Waals surface area contributed by atoms with Crippen LogP contribution in [0.25, 0.3) is 0 Å². The fourth-order valence-electron chi connectivity index (χ4n) is 1.50. The zero-order valence-corrected chi connectivity index (χ0v) is 9.81. The molecule has 0 aromatic rings. The second-order valence-electron chi connectivity index (χ2n) is 4.02. The lowest BCUT2D eigenvalue weighted by atomic mass is 10.1. The molecular weight excluding hydrogens is 184 g/mol. The van der Waals surface area contributed by atoms with Crippen LogP contribution in [0, 0.1) is 11.8 Å². The lowest BCUT2D eigenvalue weighted by molar-refractivity contribution is 0.192. The summed E-state index contributed by atoms with van der Waals surface area (Å²) in [7, 11) is 0. The molecule has 1 aliphatic heterocycles. The molecule has 0 saturated heterocycles. The van der Waals surface area contributed by atoms with Gasteiger partial charge in [-0.3, -0.25) is 0 Å². The molecule has 15 heavy (non-hydrogen) atoms. The first-order chi connectivity index (χ1) is 7.29. The first kappa shape index (κ1) is 12.1. The Balaban J connectivity index is 2.52. The summed E-state index contributed by atoms with van der Waals surface area (Å²) in [6, 6.07) is 0. The number of ether oxygens (including phenoxy) is 1. The van der Waals surface area contributed by atoms with E-state index in [1.165, 1.54) is 11.1 Å². The summed E-state index contributed by atoms with van der Waals surface area (Å²) < 4.78 is 5.43. The zero-order chi connectivity index (χ0) is 10.9. The molecular formula is C14H20O. The molecule has 0 aromatic carbocycles. The summed E-state index contributed by atoms with van der Waals surface area (Å²) in [5.41, 5.74) is 2.78. The van der Waals surface area contributed by atoms with E-state index in [1.54, 1.807) is 0 Å². The molecule has 1 rings (SSSR count). The van der Waals surface area contributed by atoms with Crippen LogP contribution in [-0.4, -0.2) is 13.2 Å². The Labute approximate surface area is 93.2 Å². The van der Waals surface area contributed by atoms with E-state index in [0.29, 0.717) is 6.61 Å². The minimum Gasteiger partial charge on any atom is -0.364 e. The van der Waals surface area contributed by atoms with Gasteiger partial charge in [-0.05, 0) is 33.1 Å². The van der Waals surface area contributed by atoms with Crippen LogP contribution in [0.4, 0.5) is 0 Å². The minimum absolute atomic E-state index is 0.563. The molecule has 0 saturated carbocycles. The van der Waals surface area contributed by atoms with Crippen molar-refractivity contribution in [2.45, 2.75) is 39.5 Å². The summed E-state index contributed by atoms with van der Waals surface area (Å²) in [4.78, 5) is 0. The van der Waals surface area contributed by atoms with Crippen LogP contribution < -0.4 is 0 Å². The summed E-state index contributed by atoms with van der Waals surface area (Å²) in [5, 5.41) is 0. The van der Waals surface area contributed by atoms with Gasteiger partial charge >= 0.3 is 0 Å². The van der Waals surface area contributed by atoms with Crippen molar-refractivity contribution in [2.24, 2.45) is 0 Å². The molecule has 0 amide bonds. The molecule has 0 fully saturated rings. The quantitative estimate of drug-likeness (QED) is 0.433. The highest BCUT2D eigenvalue weighted by Gasteiger charge is 1.92. The Morgan fingerprint density at radius 1 is 1.07 bits per heavy atom. The van der Waals surface area contributed by atoms with E-state index in [9.17, 15) is 0 Å². The second-order valence-corrected chi connectivity index (χ2v) is 4.02. The number of hydrogen-bond donors (Lipinski definition) is 0. The topological polar surface area (TPSA) is 9.23 Å². The zero-order valence-electron chi connectivity index (χ0n) is 9.81. The molecule has 0 bridgehead atoms. The Bertz CT molecular complexity index is 299. The molecule has 0 unspecified atom stereocenters. The van der Waals surface area contributed by atoms with Crippen molar-refractivity contribution in [3.05, 3.63) is 23.3 Å². The van der Waals surface area contributed by atoms with E-state index in [0.717, 1.165) is 32.3 Å². The van der Waals surface area contributed by atoms with Crippen LogP contribution >= 0.6 is 0 Å². The van der Waals surface area contributed by atoms with Crippen molar-refractivity contribution in [1.82, 2.24) is 0 Å². The van der Waals surface area contributed by atoms with Gasteiger partial charge in [-0.1, -0.05) is 29.2 Å². The Hall–Kier alpha value is -1.00. The molecule has 0 radical (unpaired) electrons. The van der Waals surface area contributed by atoms with Gasteiger partial charge in [0.05, 0.1) is 6.61 Å². The number of hydrogen-bond acceptors (Lipinski definition) is 1. The largest absolute Gasteiger partial charge is 0.364 e. The van der Waals surface area contributed by atoms with Gasteiger partial charge in [0.25, 0.3) is 0 Å². The molecule has 1 aliphatic rings. The number of rotatable bonds is 0. The maximum Gasteiger partial charge on any atom is 0.108 e. The third-order valence-electron chi connectivity index (χ3n) is 2.42. The van der Waals surface area contributed by atoms with Crippen molar-refractivity contribution in [2.75, 3.05) is 13.2 Å². The van der Waals surface area contributed by atoms with Crippen molar-refractivity contribution >= 4 is 0 Å². The van der Waals surface area contributed by atoms with Gasteiger partial charge in [-0.25, -0.2) is 0 Å². The maximum absolute atomic E-state index is 5.43.